The Morgan fingerprint density at radius 2 is 0.490 bits per heavy atom. The van der Waals surface area contributed by atoms with Crippen LogP contribution in [-0.2, 0) is 0 Å². The van der Waals surface area contributed by atoms with Gasteiger partial charge in [0, 0.05) is 126 Å². The molecule has 0 aliphatic carbocycles. The summed E-state index contributed by atoms with van der Waals surface area (Å²) < 4.78 is 15.7. The Morgan fingerprint density at radius 3 is 0.922 bits per heavy atom. The van der Waals surface area contributed by atoms with Crippen LogP contribution in [0.25, 0.3) is 223 Å². The quantitative estimate of drug-likeness (QED) is 0.155. The highest BCUT2D eigenvalue weighted by molar-refractivity contribution is 7.28. The summed E-state index contributed by atoms with van der Waals surface area (Å²) in [7, 11) is 0. The predicted molar refractivity (Wildman–Crippen MR) is 449 cm³/mol. The van der Waals surface area contributed by atoms with Gasteiger partial charge in [-0.2, -0.15) is 0 Å². The number of para-hydroxylation sites is 2. The SMILES string of the molecule is c1cc(-c2cccc3sc4ccccc4c23)cc(-n2c3ccccc3c3c4c5ccccc5c5ccccc5c4c4c5ccccc5sc4c32)c1.c1ccc2c(c1)sc1cccc(-c3ccc(-n4c5ccccc5c5c6c7ccccc7c7ccccc7c6c6c7ccccc7sc6c54)cc3)c12. The number of benzene rings is 18. The molecule has 0 aliphatic heterocycles. The minimum atomic E-state index is 1.18. The van der Waals surface area contributed by atoms with Gasteiger partial charge < -0.3 is 9.13 Å². The number of thiophene rings is 4. The standard InChI is InChI=1S/2C48H27NS2/c1-3-17-33-31(15-1)32-16-2-4-18-34(32)44-43(33)45-35-19-5-8-23-38(35)49(47(45)48-46(44)37-21-7-10-25-40(37)51-48)29-14-11-13-28(27-29)30-22-12-26-41-42(30)36-20-6-9-24-39(36)50-41;1-3-14-33-31(12-1)32-13-2-4-15-34(32)44-43(33)45-35-16-5-8-20-38(35)49(47(45)48-46(44)37-18-7-10-22-40(37)51-48)29-26-24-28(25-27-29)30-19-11-23-41-42(30)36-17-6-9-21-39(36)50-41/h2*1-27H. The second-order valence-corrected chi connectivity index (χ2v) is 31.4. The van der Waals surface area contributed by atoms with Crippen molar-refractivity contribution < 1.29 is 0 Å². The second-order valence-electron chi connectivity index (χ2n) is 27.1. The molecule has 2 nitrogen and oxygen atoms in total. The zero-order valence-electron chi connectivity index (χ0n) is 54.7. The van der Waals surface area contributed by atoms with Crippen molar-refractivity contribution >= 4 is 234 Å². The zero-order chi connectivity index (χ0) is 66.4. The molecule has 6 aromatic heterocycles. The molecular weight excluding hydrogens is 1310 g/mol. The van der Waals surface area contributed by atoms with Crippen molar-refractivity contribution in [1.82, 2.24) is 9.13 Å². The van der Waals surface area contributed by atoms with Gasteiger partial charge in [0.05, 0.1) is 31.5 Å². The van der Waals surface area contributed by atoms with Gasteiger partial charge in [-0.1, -0.05) is 255 Å². The Morgan fingerprint density at radius 1 is 0.176 bits per heavy atom. The lowest BCUT2D eigenvalue weighted by Gasteiger charge is -2.15. The molecule has 0 radical (unpaired) electrons. The normalized spacial score (nSPS) is 12.3. The molecule has 18 aromatic carbocycles. The molecule has 6 heterocycles. The van der Waals surface area contributed by atoms with Crippen LogP contribution in [0, 0.1) is 0 Å². The van der Waals surface area contributed by atoms with Crippen LogP contribution in [0.1, 0.15) is 0 Å². The summed E-state index contributed by atoms with van der Waals surface area (Å²) in [4.78, 5) is 0. The monoisotopic (exact) mass is 1360 g/mol. The van der Waals surface area contributed by atoms with Crippen LogP contribution in [0.5, 0.6) is 0 Å². The summed E-state index contributed by atoms with van der Waals surface area (Å²) in [5.74, 6) is 0. The fourth-order valence-electron chi connectivity index (χ4n) is 17.8. The highest BCUT2D eigenvalue weighted by Crippen LogP contribution is 2.55. The van der Waals surface area contributed by atoms with Crippen LogP contribution >= 0.6 is 45.3 Å². The van der Waals surface area contributed by atoms with Crippen LogP contribution in [0.4, 0.5) is 0 Å². The van der Waals surface area contributed by atoms with Crippen molar-refractivity contribution in [3.05, 3.63) is 328 Å². The predicted octanol–water partition coefficient (Wildman–Crippen LogP) is 29.3. The molecule has 6 heteroatoms. The molecule has 0 spiro atoms. The molecule has 24 rings (SSSR count). The smallest absolute Gasteiger partial charge is 0.0726 e. The van der Waals surface area contributed by atoms with Crippen LogP contribution in [-0.4, -0.2) is 9.13 Å². The maximum absolute atomic E-state index is 2.56. The summed E-state index contributed by atoms with van der Waals surface area (Å²) >= 11 is 7.61. The molecule has 0 fully saturated rings. The van der Waals surface area contributed by atoms with Crippen molar-refractivity contribution in [2.75, 3.05) is 0 Å². The van der Waals surface area contributed by atoms with E-state index in [4.69, 9.17) is 0 Å². The number of fused-ring (bicyclic) bond motifs is 36. The van der Waals surface area contributed by atoms with Gasteiger partial charge in [-0.25, -0.2) is 0 Å². The lowest BCUT2D eigenvalue weighted by molar-refractivity contribution is 1.19. The number of aromatic nitrogens is 2. The third kappa shape index (κ3) is 7.92. The molecular formula is C96H54N2S4. The molecule has 0 aliphatic rings. The summed E-state index contributed by atoms with van der Waals surface area (Å²) in [6.45, 7) is 0. The van der Waals surface area contributed by atoms with Gasteiger partial charge in [-0.15, -0.1) is 45.3 Å². The Hall–Kier alpha value is -12.0. The zero-order valence-corrected chi connectivity index (χ0v) is 58.0. The summed E-state index contributed by atoms with van der Waals surface area (Å²) in [5.41, 5.74) is 12.4. The average molecular weight is 1360 g/mol. The van der Waals surface area contributed by atoms with Gasteiger partial charge in [0.15, 0.2) is 0 Å². The minimum absolute atomic E-state index is 1.18. The number of hydrogen-bond acceptors (Lipinski definition) is 4. The minimum Gasteiger partial charge on any atom is -0.308 e. The van der Waals surface area contributed by atoms with E-state index in [-0.39, 0.29) is 0 Å². The molecule has 0 bridgehead atoms. The van der Waals surface area contributed by atoms with E-state index in [9.17, 15) is 0 Å². The van der Waals surface area contributed by atoms with E-state index in [1.165, 1.54) is 223 Å². The molecule has 0 atom stereocenters. The maximum Gasteiger partial charge on any atom is 0.0726 e. The van der Waals surface area contributed by atoms with Gasteiger partial charge in [0.25, 0.3) is 0 Å². The molecule has 0 amide bonds. The maximum atomic E-state index is 2.56. The molecule has 0 saturated heterocycles. The lowest BCUT2D eigenvalue weighted by Crippen LogP contribution is -1.95. The summed E-state index contributed by atoms with van der Waals surface area (Å²) in [6, 6.07) is 122. The Kier molecular flexibility index (Phi) is 12.1. The van der Waals surface area contributed by atoms with Crippen LogP contribution < -0.4 is 0 Å². The summed E-state index contributed by atoms with van der Waals surface area (Å²) in [6.07, 6.45) is 0. The third-order valence-corrected chi connectivity index (χ3v) is 26.5. The van der Waals surface area contributed by atoms with Crippen LogP contribution in [0.15, 0.2) is 328 Å². The second kappa shape index (κ2) is 21.8. The van der Waals surface area contributed by atoms with E-state index >= 15 is 0 Å². The molecule has 0 N–H and O–H groups in total. The highest BCUT2D eigenvalue weighted by atomic mass is 32.1. The van der Waals surface area contributed by atoms with Crippen LogP contribution in [0.3, 0.4) is 0 Å². The van der Waals surface area contributed by atoms with Crippen molar-refractivity contribution in [1.29, 1.82) is 0 Å². The largest absolute Gasteiger partial charge is 0.308 e. The van der Waals surface area contributed by atoms with Crippen molar-refractivity contribution in [3.63, 3.8) is 0 Å². The molecule has 0 unspecified atom stereocenters. The fourth-order valence-corrected chi connectivity index (χ4v) is 22.6. The first-order valence-electron chi connectivity index (χ1n) is 34.9. The molecule has 24 aromatic rings. The van der Waals surface area contributed by atoms with E-state index in [2.05, 4.69) is 337 Å². The number of hydrogen-bond donors (Lipinski definition) is 0. The summed E-state index contributed by atoms with van der Waals surface area (Å²) in [5, 5.41) is 31.8. The van der Waals surface area contributed by atoms with E-state index < -0.39 is 0 Å². The Labute approximate surface area is 599 Å². The van der Waals surface area contributed by atoms with Crippen LogP contribution in [0.2, 0.25) is 0 Å². The Bertz CT molecular complexity index is 7760. The first-order chi connectivity index (χ1) is 50.7. The van der Waals surface area contributed by atoms with Gasteiger partial charge >= 0.3 is 0 Å². The average Bonchev–Trinajstić information content (AvgIpc) is 1.59. The topological polar surface area (TPSA) is 9.86 Å². The van der Waals surface area contributed by atoms with Gasteiger partial charge in [-0.05, 0) is 138 Å². The highest BCUT2D eigenvalue weighted by Gasteiger charge is 2.28. The van der Waals surface area contributed by atoms with Crippen molar-refractivity contribution in [3.8, 4) is 33.6 Å². The first-order valence-corrected chi connectivity index (χ1v) is 38.1. The first kappa shape index (κ1) is 56.8. The molecule has 102 heavy (non-hydrogen) atoms. The van der Waals surface area contributed by atoms with Gasteiger partial charge in [-0.3, -0.25) is 0 Å². The van der Waals surface area contributed by atoms with E-state index in [0.29, 0.717) is 0 Å². The number of rotatable bonds is 4. The molecule has 472 valence electrons. The van der Waals surface area contributed by atoms with Crippen molar-refractivity contribution in [2.24, 2.45) is 0 Å². The van der Waals surface area contributed by atoms with E-state index in [1.54, 1.807) is 0 Å². The number of nitrogens with zero attached hydrogens (tertiary/aromatic N) is 2. The lowest BCUT2D eigenvalue weighted by atomic mass is 9.89. The fraction of sp³-hybridized carbons (Fsp3) is 0. The molecule has 0 saturated carbocycles. The van der Waals surface area contributed by atoms with Crippen molar-refractivity contribution in [2.45, 2.75) is 0 Å². The van der Waals surface area contributed by atoms with E-state index in [1.807, 2.05) is 45.3 Å². The van der Waals surface area contributed by atoms with Gasteiger partial charge in [0.2, 0.25) is 0 Å². The van der Waals surface area contributed by atoms with E-state index in [0.717, 1.165) is 0 Å². The van der Waals surface area contributed by atoms with Gasteiger partial charge in [0.1, 0.15) is 0 Å². The Balaban J connectivity index is 0.000000126. The third-order valence-electron chi connectivity index (χ3n) is 21.9.